The summed E-state index contributed by atoms with van der Waals surface area (Å²) in [6, 6.07) is 0. The van der Waals surface area contributed by atoms with Gasteiger partial charge in [0.15, 0.2) is 6.10 Å². The minimum Gasteiger partial charge on any atom is -0.498 e. The Labute approximate surface area is 304 Å². The molecule has 0 radical (unpaired) electrons. The number of esters is 1. The van der Waals surface area contributed by atoms with Crippen molar-refractivity contribution in [2.45, 2.75) is 161 Å². The number of phosphoric acid groups is 1. The van der Waals surface area contributed by atoms with E-state index in [1.54, 1.807) is 6.26 Å². The Kier molecular flexibility index (Phi) is 35.3. The van der Waals surface area contributed by atoms with E-state index in [9.17, 15) is 19.4 Å². The number of hydrogen-bond donors (Lipinski definition) is 3. The molecule has 0 rings (SSSR count). The van der Waals surface area contributed by atoms with Crippen molar-refractivity contribution in [3.05, 3.63) is 60.9 Å². The molecule has 0 aromatic carbocycles. The van der Waals surface area contributed by atoms with E-state index >= 15 is 0 Å². The number of rotatable bonds is 36. The van der Waals surface area contributed by atoms with Gasteiger partial charge in [0, 0.05) is 6.42 Å². The number of aliphatic hydroxyl groups excluding tert-OH is 2. The van der Waals surface area contributed by atoms with Crippen molar-refractivity contribution < 1.29 is 43.0 Å². The van der Waals surface area contributed by atoms with Crippen molar-refractivity contribution in [1.29, 1.82) is 0 Å². The van der Waals surface area contributed by atoms with Gasteiger partial charge in [-0.1, -0.05) is 133 Å². The van der Waals surface area contributed by atoms with E-state index in [0.29, 0.717) is 6.42 Å². The van der Waals surface area contributed by atoms with E-state index in [-0.39, 0.29) is 13.0 Å². The molecule has 0 saturated heterocycles. The van der Waals surface area contributed by atoms with Crippen molar-refractivity contribution in [1.82, 2.24) is 0 Å². The fraction of sp³-hybridized carbons (Fsp3) is 0.725. The second-order valence-electron chi connectivity index (χ2n) is 12.6. The van der Waals surface area contributed by atoms with Gasteiger partial charge in [-0.25, -0.2) is 4.57 Å². The Morgan fingerprint density at radius 1 is 0.640 bits per heavy atom. The molecule has 0 heterocycles. The van der Waals surface area contributed by atoms with Gasteiger partial charge in [0.25, 0.3) is 0 Å². The van der Waals surface area contributed by atoms with E-state index in [1.807, 2.05) is 6.08 Å². The zero-order chi connectivity index (χ0) is 36.8. The van der Waals surface area contributed by atoms with Gasteiger partial charge in [-0.05, 0) is 63.9 Å². The van der Waals surface area contributed by atoms with Crippen molar-refractivity contribution in [2.75, 3.05) is 26.4 Å². The highest BCUT2D eigenvalue weighted by Crippen LogP contribution is 2.43. The first kappa shape index (κ1) is 48.0. The number of unbranched alkanes of at least 4 members (excludes halogenated alkanes) is 14. The molecule has 3 atom stereocenters. The molecule has 0 saturated carbocycles. The maximum absolute atomic E-state index is 12.5. The van der Waals surface area contributed by atoms with Crippen LogP contribution >= 0.6 is 7.82 Å². The molecule has 0 aliphatic carbocycles. The van der Waals surface area contributed by atoms with E-state index in [2.05, 4.69) is 62.5 Å². The largest absolute Gasteiger partial charge is 0.498 e. The van der Waals surface area contributed by atoms with Gasteiger partial charge >= 0.3 is 13.8 Å². The average molecular weight is 727 g/mol. The first-order valence-corrected chi connectivity index (χ1v) is 20.8. The summed E-state index contributed by atoms with van der Waals surface area (Å²) in [5.74, 6) is -0.447. The standard InChI is InChI=1S/C40H71O9P/c1-3-5-7-9-11-13-15-17-19-20-22-24-26-28-30-32-40(43)49-39(37-48-50(44,45)47-35-38(42)34-41)36-46-33-31-29-27-25-23-21-18-16-14-12-10-8-6-4-2/h5,7,11,13,17,19,22,24,31,33,38-39,41-42H,3-4,6,8-10,12,14-16,18,20-21,23,25-30,32,34-37H2,1-2H3,(H,44,45)/b7-5-,13-11-,19-17-,24-22-,33-31-/t38-,39+/m0/s1. The molecule has 290 valence electrons. The van der Waals surface area contributed by atoms with Crippen molar-refractivity contribution >= 4 is 13.8 Å². The van der Waals surface area contributed by atoms with Crippen LogP contribution in [0, 0.1) is 0 Å². The van der Waals surface area contributed by atoms with Crippen LogP contribution in [0.3, 0.4) is 0 Å². The van der Waals surface area contributed by atoms with Gasteiger partial charge in [-0.2, -0.15) is 0 Å². The van der Waals surface area contributed by atoms with Crippen LogP contribution in [0.15, 0.2) is 60.9 Å². The first-order chi connectivity index (χ1) is 24.3. The molecular formula is C40H71O9P. The number of ether oxygens (including phenoxy) is 2. The molecule has 10 heteroatoms. The second-order valence-corrected chi connectivity index (χ2v) is 14.1. The smallest absolute Gasteiger partial charge is 0.472 e. The predicted octanol–water partition coefficient (Wildman–Crippen LogP) is 10.4. The Morgan fingerprint density at radius 3 is 1.72 bits per heavy atom. The van der Waals surface area contributed by atoms with Gasteiger partial charge in [0.2, 0.25) is 0 Å². The highest BCUT2D eigenvalue weighted by atomic mass is 31.2. The number of aliphatic hydroxyl groups is 2. The molecule has 0 aromatic rings. The molecule has 0 amide bonds. The van der Waals surface area contributed by atoms with Crippen LogP contribution in [0.2, 0.25) is 0 Å². The highest BCUT2D eigenvalue weighted by Gasteiger charge is 2.26. The van der Waals surface area contributed by atoms with Crippen LogP contribution in [-0.4, -0.2) is 59.7 Å². The zero-order valence-electron chi connectivity index (χ0n) is 31.3. The summed E-state index contributed by atoms with van der Waals surface area (Å²) in [5.41, 5.74) is 0. The Bertz CT molecular complexity index is 960. The molecule has 50 heavy (non-hydrogen) atoms. The number of carbonyl (C=O) groups is 1. The Morgan fingerprint density at radius 2 is 1.14 bits per heavy atom. The van der Waals surface area contributed by atoms with Crippen molar-refractivity contribution in [3.8, 4) is 0 Å². The van der Waals surface area contributed by atoms with Crippen LogP contribution in [-0.2, 0) is 27.9 Å². The van der Waals surface area contributed by atoms with Gasteiger partial charge in [0.1, 0.15) is 12.7 Å². The summed E-state index contributed by atoms with van der Waals surface area (Å²) in [6.45, 7) is 2.70. The quantitative estimate of drug-likeness (QED) is 0.0190. The average Bonchev–Trinajstić information content (AvgIpc) is 3.10. The minimum atomic E-state index is -4.54. The summed E-state index contributed by atoms with van der Waals surface area (Å²) in [4.78, 5) is 22.4. The lowest BCUT2D eigenvalue weighted by Gasteiger charge is -2.20. The monoisotopic (exact) mass is 726 g/mol. The Balaban J connectivity index is 4.38. The summed E-state index contributed by atoms with van der Waals surface area (Å²) in [7, 11) is -4.54. The van der Waals surface area contributed by atoms with Gasteiger partial charge in [-0.15, -0.1) is 0 Å². The first-order valence-electron chi connectivity index (χ1n) is 19.3. The second kappa shape index (κ2) is 36.8. The molecule has 0 aliphatic heterocycles. The third-order valence-corrected chi connectivity index (χ3v) is 8.73. The third-order valence-electron chi connectivity index (χ3n) is 7.78. The number of allylic oxidation sites excluding steroid dienone is 9. The van der Waals surface area contributed by atoms with Crippen LogP contribution in [0.5, 0.6) is 0 Å². The minimum absolute atomic E-state index is 0.0537. The summed E-state index contributed by atoms with van der Waals surface area (Å²) >= 11 is 0. The van der Waals surface area contributed by atoms with Gasteiger partial charge < -0.3 is 24.6 Å². The molecule has 3 N–H and O–H groups in total. The number of phosphoric ester groups is 1. The summed E-state index contributed by atoms with van der Waals surface area (Å²) < 4.78 is 32.9. The summed E-state index contributed by atoms with van der Waals surface area (Å²) in [6.07, 6.45) is 41.3. The van der Waals surface area contributed by atoms with E-state index in [4.69, 9.17) is 23.6 Å². The molecule has 0 aliphatic rings. The number of carbonyl (C=O) groups excluding carboxylic acids is 1. The molecule has 1 unspecified atom stereocenters. The highest BCUT2D eigenvalue weighted by molar-refractivity contribution is 7.47. The lowest BCUT2D eigenvalue weighted by atomic mass is 10.0. The number of hydrogen-bond acceptors (Lipinski definition) is 8. The van der Waals surface area contributed by atoms with E-state index < -0.39 is 45.8 Å². The van der Waals surface area contributed by atoms with Crippen LogP contribution in [0.25, 0.3) is 0 Å². The lowest BCUT2D eigenvalue weighted by molar-refractivity contribution is -0.153. The zero-order valence-corrected chi connectivity index (χ0v) is 32.2. The maximum atomic E-state index is 12.5. The maximum Gasteiger partial charge on any atom is 0.472 e. The molecule has 0 aromatic heterocycles. The molecule has 0 bridgehead atoms. The van der Waals surface area contributed by atoms with Crippen molar-refractivity contribution in [2.24, 2.45) is 0 Å². The van der Waals surface area contributed by atoms with E-state index in [0.717, 1.165) is 51.4 Å². The van der Waals surface area contributed by atoms with E-state index in [1.165, 1.54) is 70.6 Å². The third kappa shape index (κ3) is 35.8. The molecule has 0 fully saturated rings. The predicted molar refractivity (Wildman–Crippen MR) is 205 cm³/mol. The van der Waals surface area contributed by atoms with Crippen molar-refractivity contribution in [3.63, 3.8) is 0 Å². The fourth-order valence-electron chi connectivity index (χ4n) is 4.84. The normalized spacial score (nSPS) is 14.8. The topological polar surface area (TPSA) is 132 Å². The lowest BCUT2D eigenvalue weighted by Crippen LogP contribution is -2.28. The molecular weight excluding hydrogens is 655 g/mol. The van der Waals surface area contributed by atoms with Crippen LogP contribution < -0.4 is 0 Å². The van der Waals surface area contributed by atoms with Gasteiger partial charge in [0.05, 0.1) is 26.1 Å². The van der Waals surface area contributed by atoms with Crippen LogP contribution in [0.1, 0.15) is 149 Å². The summed E-state index contributed by atoms with van der Waals surface area (Å²) in [5, 5.41) is 18.3. The van der Waals surface area contributed by atoms with Gasteiger partial charge in [-0.3, -0.25) is 13.8 Å². The molecule has 9 nitrogen and oxygen atoms in total. The Hall–Kier alpha value is -2.00. The molecule has 0 spiro atoms. The van der Waals surface area contributed by atoms with Crippen LogP contribution in [0.4, 0.5) is 0 Å². The SMILES string of the molecule is CC/C=C\C/C=C\C/C=C\C/C=C\CCCCC(=O)O[C@H](CO/C=C\CCCCCCCCCCCCCC)COP(=O)(O)OC[C@@H](O)CO. The fourth-order valence-corrected chi connectivity index (χ4v) is 5.63.